The van der Waals surface area contributed by atoms with E-state index in [0.717, 1.165) is 0 Å². The average Bonchev–Trinajstić information content (AvgIpc) is 1.96. The summed E-state index contributed by atoms with van der Waals surface area (Å²) < 4.78 is 4.63. The van der Waals surface area contributed by atoms with Crippen molar-refractivity contribution >= 4 is 41.7 Å². The Morgan fingerprint density at radius 2 is 1.92 bits per heavy atom. The number of hydrogen-bond acceptors (Lipinski definition) is 2. The van der Waals surface area contributed by atoms with Crippen LogP contribution in [0.15, 0.2) is 18.2 Å². The lowest BCUT2D eigenvalue weighted by atomic mass is 10.3. The van der Waals surface area contributed by atoms with E-state index in [1.54, 1.807) is 12.1 Å². The molecule has 0 aromatic heterocycles. The molecule has 0 aliphatic rings. The van der Waals surface area contributed by atoms with Gasteiger partial charge in [-0.2, -0.15) is 0 Å². The molecule has 0 saturated heterocycles. The Hall–Kier alpha value is 0.170. The molecule has 1 aromatic rings. The predicted molar refractivity (Wildman–Crippen MR) is 55.8 cm³/mol. The molecule has 2 N–H and O–H groups in total. The maximum atomic E-state index is 8.84. The summed E-state index contributed by atoms with van der Waals surface area (Å²) in [6.07, 6.45) is 0. The van der Waals surface area contributed by atoms with E-state index in [1.165, 1.54) is 6.07 Å². The van der Waals surface area contributed by atoms with Crippen molar-refractivity contribution in [2.24, 2.45) is 0 Å². The quantitative estimate of drug-likeness (QED) is 0.801. The van der Waals surface area contributed by atoms with Gasteiger partial charge in [0.2, 0.25) is 0 Å². The van der Waals surface area contributed by atoms with Gasteiger partial charge in [0.15, 0.2) is 0 Å². The summed E-state index contributed by atoms with van der Waals surface area (Å²) in [5.74, 6) is 0.0718. The first kappa shape index (κ1) is 11.2. The van der Waals surface area contributed by atoms with Gasteiger partial charge in [-0.05, 0) is 12.1 Å². The molecular formula is C6H5Cl2O3PS. The van der Waals surface area contributed by atoms with Crippen molar-refractivity contribution in [2.75, 3.05) is 0 Å². The van der Waals surface area contributed by atoms with Crippen molar-refractivity contribution in [1.82, 2.24) is 0 Å². The number of rotatable bonds is 2. The highest BCUT2D eigenvalue weighted by molar-refractivity contribution is 8.06. The molecule has 0 saturated carbocycles. The second-order valence-corrected chi connectivity index (χ2v) is 5.51. The lowest BCUT2D eigenvalue weighted by molar-refractivity contribution is 0.371. The first-order valence-electron chi connectivity index (χ1n) is 3.09. The summed E-state index contributed by atoms with van der Waals surface area (Å²) >= 11 is 15.6. The Labute approximate surface area is 90.1 Å². The molecule has 0 atom stereocenters. The van der Waals surface area contributed by atoms with Gasteiger partial charge < -0.3 is 14.3 Å². The minimum atomic E-state index is -3.74. The van der Waals surface area contributed by atoms with Crippen LogP contribution in [0.5, 0.6) is 5.75 Å². The lowest BCUT2D eigenvalue weighted by Gasteiger charge is -2.11. The first-order chi connectivity index (χ1) is 5.90. The van der Waals surface area contributed by atoms with Crippen LogP contribution in [0.1, 0.15) is 0 Å². The highest BCUT2D eigenvalue weighted by Crippen LogP contribution is 2.42. The number of halogens is 2. The Balaban J connectivity index is 3.03. The van der Waals surface area contributed by atoms with Gasteiger partial charge in [0.05, 0.1) is 5.02 Å². The highest BCUT2D eigenvalue weighted by Gasteiger charge is 2.13. The van der Waals surface area contributed by atoms with Crippen LogP contribution in [0.25, 0.3) is 0 Å². The molecular weight excluding hydrogens is 254 g/mol. The van der Waals surface area contributed by atoms with Crippen molar-refractivity contribution in [3.63, 3.8) is 0 Å². The standard InChI is InChI=1S/C6H5Cl2O3PS/c7-4-2-1-3-5(6(4)8)11-12(9,10)13/h1-3H,(H2,9,10,13). The summed E-state index contributed by atoms with van der Waals surface area (Å²) in [6.45, 7) is -3.74. The Kier molecular flexibility index (Phi) is 3.57. The third-order valence-electron chi connectivity index (χ3n) is 1.13. The van der Waals surface area contributed by atoms with Gasteiger partial charge in [0.25, 0.3) is 0 Å². The van der Waals surface area contributed by atoms with Gasteiger partial charge in [0.1, 0.15) is 10.8 Å². The van der Waals surface area contributed by atoms with Crippen LogP contribution < -0.4 is 4.52 Å². The van der Waals surface area contributed by atoms with Crippen LogP contribution in [-0.4, -0.2) is 9.79 Å². The lowest BCUT2D eigenvalue weighted by Crippen LogP contribution is -1.90. The third-order valence-corrected chi connectivity index (χ3v) is 2.59. The molecule has 72 valence electrons. The Morgan fingerprint density at radius 1 is 1.31 bits per heavy atom. The molecule has 0 fully saturated rings. The van der Waals surface area contributed by atoms with E-state index in [0.29, 0.717) is 0 Å². The molecule has 0 aliphatic heterocycles. The zero-order valence-electron chi connectivity index (χ0n) is 6.15. The second-order valence-electron chi connectivity index (χ2n) is 2.13. The zero-order chi connectivity index (χ0) is 10.1. The number of hydrogen-bond donors (Lipinski definition) is 2. The monoisotopic (exact) mass is 258 g/mol. The fourth-order valence-corrected chi connectivity index (χ4v) is 1.72. The molecule has 3 nitrogen and oxygen atoms in total. The fraction of sp³-hybridized carbons (Fsp3) is 0. The fourth-order valence-electron chi connectivity index (χ4n) is 0.683. The van der Waals surface area contributed by atoms with E-state index in [-0.39, 0.29) is 15.8 Å². The van der Waals surface area contributed by atoms with Gasteiger partial charge in [-0.25, -0.2) is 0 Å². The predicted octanol–water partition coefficient (Wildman–Crippen LogP) is 2.58. The molecule has 0 unspecified atom stereocenters. The van der Waals surface area contributed by atoms with E-state index in [9.17, 15) is 0 Å². The molecule has 13 heavy (non-hydrogen) atoms. The summed E-state index contributed by atoms with van der Waals surface area (Å²) in [7, 11) is 0. The molecule has 0 amide bonds. The summed E-state index contributed by atoms with van der Waals surface area (Å²) in [5.41, 5.74) is 0. The normalized spacial score (nSPS) is 11.4. The second kappa shape index (κ2) is 4.13. The van der Waals surface area contributed by atoms with Gasteiger partial charge in [-0.1, -0.05) is 29.3 Å². The third kappa shape index (κ3) is 3.43. The maximum absolute atomic E-state index is 8.84. The van der Waals surface area contributed by atoms with Crippen LogP contribution in [0.4, 0.5) is 0 Å². The molecule has 7 heteroatoms. The van der Waals surface area contributed by atoms with Gasteiger partial charge in [0, 0.05) is 11.8 Å². The minimum Gasteiger partial charge on any atom is -0.423 e. The van der Waals surface area contributed by atoms with Crippen molar-refractivity contribution < 1.29 is 14.3 Å². The van der Waals surface area contributed by atoms with Crippen LogP contribution in [0.3, 0.4) is 0 Å². The van der Waals surface area contributed by atoms with E-state index in [2.05, 4.69) is 16.3 Å². The molecule has 0 radical (unpaired) electrons. The zero-order valence-corrected chi connectivity index (χ0v) is 9.37. The summed E-state index contributed by atoms with van der Waals surface area (Å²) in [5, 5.41) is 0.379. The smallest absolute Gasteiger partial charge is 0.375 e. The van der Waals surface area contributed by atoms with Crippen molar-refractivity contribution in [1.29, 1.82) is 0 Å². The SMILES string of the molecule is OP(O)(=S)Oc1cccc(Cl)c1Cl. The molecule has 1 rings (SSSR count). The van der Waals surface area contributed by atoms with E-state index < -0.39 is 6.72 Å². The Morgan fingerprint density at radius 3 is 2.46 bits per heavy atom. The van der Waals surface area contributed by atoms with Gasteiger partial charge >= 0.3 is 6.72 Å². The first-order valence-corrected chi connectivity index (χ1v) is 6.47. The molecule has 0 aliphatic carbocycles. The van der Waals surface area contributed by atoms with E-state index in [4.69, 9.17) is 33.0 Å². The van der Waals surface area contributed by atoms with Crippen LogP contribution in [0.2, 0.25) is 10.0 Å². The van der Waals surface area contributed by atoms with E-state index >= 15 is 0 Å². The molecule has 0 heterocycles. The minimum absolute atomic E-state index is 0.0718. The van der Waals surface area contributed by atoms with Crippen LogP contribution >= 0.6 is 29.9 Å². The van der Waals surface area contributed by atoms with Crippen LogP contribution in [-0.2, 0) is 11.8 Å². The largest absolute Gasteiger partial charge is 0.423 e. The maximum Gasteiger partial charge on any atom is 0.375 e. The topological polar surface area (TPSA) is 49.7 Å². The van der Waals surface area contributed by atoms with Gasteiger partial charge in [-0.15, -0.1) is 0 Å². The van der Waals surface area contributed by atoms with E-state index in [1.807, 2.05) is 0 Å². The molecule has 1 aromatic carbocycles. The highest BCUT2D eigenvalue weighted by atomic mass is 35.5. The average molecular weight is 259 g/mol. The Bertz CT molecular complexity index is 365. The molecule has 0 spiro atoms. The number of benzene rings is 1. The molecule has 0 bridgehead atoms. The summed E-state index contributed by atoms with van der Waals surface area (Å²) in [6, 6.07) is 4.56. The van der Waals surface area contributed by atoms with Crippen molar-refractivity contribution in [2.45, 2.75) is 0 Å². The van der Waals surface area contributed by atoms with Crippen molar-refractivity contribution in [3.05, 3.63) is 28.2 Å². The van der Waals surface area contributed by atoms with Crippen molar-refractivity contribution in [3.8, 4) is 5.75 Å². The van der Waals surface area contributed by atoms with Crippen LogP contribution in [0, 0.1) is 0 Å². The summed E-state index contributed by atoms with van der Waals surface area (Å²) in [4.78, 5) is 17.7. The van der Waals surface area contributed by atoms with Gasteiger partial charge in [-0.3, -0.25) is 0 Å².